The maximum absolute atomic E-state index is 12.9. The Bertz CT molecular complexity index is 3060. The maximum atomic E-state index is 12.9. The van der Waals surface area contributed by atoms with Gasteiger partial charge in [-0.25, -0.2) is 15.3 Å². The number of terminal acetylenes is 2. The Labute approximate surface area is 412 Å². The van der Waals surface area contributed by atoms with E-state index in [2.05, 4.69) is 71.5 Å². The molecule has 2 amide bonds. The molecule has 1 aliphatic carbocycles. The second-order valence-corrected chi connectivity index (χ2v) is 18.1. The number of allylic oxidation sites excluding steroid dienone is 3. The van der Waals surface area contributed by atoms with Crippen LogP contribution in [-0.4, -0.2) is 48.7 Å². The molecule has 5 aromatic carbocycles. The highest BCUT2D eigenvalue weighted by Gasteiger charge is 2.19. The first kappa shape index (κ1) is 50.0. The van der Waals surface area contributed by atoms with Crippen molar-refractivity contribution in [1.82, 2.24) is 20.9 Å². The molecule has 1 heterocycles. The predicted molar refractivity (Wildman–Crippen MR) is 287 cm³/mol. The number of quaternary nitrogens is 1. The lowest BCUT2D eigenvalue weighted by Crippen LogP contribution is -2.71. The molecule has 0 radical (unpaired) electrons. The lowest BCUT2D eigenvalue weighted by molar-refractivity contribution is -0.524. The van der Waals surface area contributed by atoms with Gasteiger partial charge in [-0.05, 0) is 142 Å². The molecule has 1 aliphatic rings. The molecule has 10 N–H and O–H groups in total. The number of carbonyl (C=O) groups excluding carboxylic acids is 2. The van der Waals surface area contributed by atoms with Crippen LogP contribution < -0.4 is 42.6 Å². The van der Waals surface area contributed by atoms with E-state index in [9.17, 15) is 9.59 Å². The third-order valence-corrected chi connectivity index (χ3v) is 12.8. The van der Waals surface area contributed by atoms with Crippen LogP contribution in [0.1, 0.15) is 102 Å². The lowest BCUT2D eigenvalue weighted by atomic mass is 10.0. The van der Waals surface area contributed by atoms with E-state index in [1.165, 1.54) is 0 Å². The van der Waals surface area contributed by atoms with Gasteiger partial charge in [0.1, 0.15) is 22.8 Å². The maximum Gasteiger partial charge on any atom is 0.251 e. The van der Waals surface area contributed by atoms with E-state index in [1.54, 1.807) is 5.32 Å². The number of nitrogen functional groups attached to an aromatic ring is 2. The summed E-state index contributed by atoms with van der Waals surface area (Å²) in [5, 5.41) is 15.0. The summed E-state index contributed by atoms with van der Waals surface area (Å²) < 4.78 is 1.82. The van der Waals surface area contributed by atoms with Crippen LogP contribution in [0.2, 0.25) is 0 Å². The van der Waals surface area contributed by atoms with Crippen LogP contribution >= 0.6 is 0 Å². The fourth-order valence-corrected chi connectivity index (χ4v) is 8.62. The number of amides is 2. The second kappa shape index (κ2) is 23.9. The van der Waals surface area contributed by atoms with Crippen molar-refractivity contribution in [3.05, 3.63) is 136 Å². The molecule has 12 nitrogen and oxygen atoms in total. The SMILES string of the molecule is C#C[NH2+]c1cc(N)c(C)cc1N=C1C=C(C)C(NCCCCCCNC(=O)c2ccc(-c3ccc(C(=O)NCCCCCCNc4cc5c(cc4C)nc4cc(C)c(N)cc4[n+]5C#C)cc3)cc2)=CC1. The molecule has 12 heteroatoms. The van der Waals surface area contributed by atoms with E-state index in [0.717, 1.165) is 155 Å². The van der Waals surface area contributed by atoms with Gasteiger partial charge in [-0.2, -0.15) is 0 Å². The Morgan fingerprint density at radius 2 is 1.20 bits per heavy atom. The van der Waals surface area contributed by atoms with Crippen molar-refractivity contribution in [2.45, 2.75) is 85.5 Å². The minimum atomic E-state index is -0.0836. The number of aliphatic imine (C=N–C) groups is 1. The summed E-state index contributed by atoms with van der Waals surface area (Å²) in [4.78, 5) is 35.5. The zero-order chi connectivity index (χ0) is 49.6. The number of anilines is 3. The monoisotopic (exact) mass is 935 g/mol. The number of aromatic nitrogens is 2. The highest BCUT2D eigenvalue weighted by molar-refractivity contribution is 6.00. The number of hydrogen-bond acceptors (Lipinski definition) is 8. The summed E-state index contributed by atoms with van der Waals surface area (Å²) in [6.45, 7) is 11.1. The largest absolute Gasteiger partial charge is 0.398 e. The molecule has 0 fully saturated rings. The molecule has 0 saturated heterocycles. The number of rotatable bonds is 21. The highest BCUT2D eigenvalue weighted by atomic mass is 16.2. The molecule has 0 saturated carbocycles. The number of nitrogens with two attached hydrogens (primary N) is 3. The van der Waals surface area contributed by atoms with Crippen LogP contribution in [0.15, 0.2) is 113 Å². The first-order valence-electron chi connectivity index (χ1n) is 24.4. The van der Waals surface area contributed by atoms with Gasteiger partial charge in [0, 0.05) is 90.4 Å². The van der Waals surface area contributed by atoms with E-state index in [4.69, 9.17) is 34.3 Å². The van der Waals surface area contributed by atoms with Gasteiger partial charge in [-0.15, -0.1) is 4.57 Å². The van der Waals surface area contributed by atoms with Crippen molar-refractivity contribution in [1.29, 1.82) is 0 Å². The number of aryl methyl sites for hydroxylation is 3. The molecule has 0 atom stereocenters. The number of nitrogens with zero attached hydrogens (tertiary/aromatic N) is 3. The van der Waals surface area contributed by atoms with E-state index < -0.39 is 0 Å². The molecular weight excluding hydrogens is 869 g/mol. The van der Waals surface area contributed by atoms with Crippen molar-refractivity contribution in [2.75, 3.05) is 43.0 Å². The summed E-state index contributed by atoms with van der Waals surface area (Å²) in [6.07, 6.45) is 24.6. The number of hydrogen-bond donors (Lipinski definition) is 7. The summed E-state index contributed by atoms with van der Waals surface area (Å²) in [5.74, 6) is -0.160. The molecule has 6 aromatic rings. The van der Waals surface area contributed by atoms with Gasteiger partial charge in [-0.3, -0.25) is 9.59 Å². The van der Waals surface area contributed by atoms with Gasteiger partial charge in [-0.1, -0.05) is 62.4 Å². The van der Waals surface area contributed by atoms with Gasteiger partial charge >= 0.3 is 0 Å². The predicted octanol–water partition coefficient (Wildman–Crippen LogP) is 8.95. The van der Waals surface area contributed by atoms with Crippen molar-refractivity contribution < 1.29 is 19.5 Å². The van der Waals surface area contributed by atoms with Crippen molar-refractivity contribution in [3.63, 3.8) is 0 Å². The molecule has 0 bridgehead atoms. The Hall–Kier alpha value is -7.93. The molecule has 0 unspecified atom stereocenters. The van der Waals surface area contributed by atoms with Crippen molar-refractivity contribution in [2.24, 2.45) is 4.99 Å². The minimum Gasteiger partial charge on any atom is -0.398 e. The summed E-state index contributed by atoms with van der Waals surface area (Å²) in [5.41, 5.74) is 29.2. The van der Waals surface area contributed by atoms with Crippen LogP contribution in [-0.2, 0) is 0 Å². The standard InChI is InChI=1S/C58H64N10O2/c1-7-61-51-35-47(59)38(3)32-52(51)66-46-25-26-49(40(5)31-46)62-27-13-9-11-15-29-64-57(69)44-21-17-42(18-22-44)43-19-23-45(24-20-43)58(70)65-30-16-12-10-14-28-63-50-37-56-54(34-41(50)6)67-53-33-39(4)48(60)36-55(53)68(56)8-2/h1-2,17-24,26,31-37,61-62H,9-16,25,27-30,59H2,3-6H3,(H4,60,63,64,65,69,70)/p+2. The Balaban J connectivity index is 0.745. The molecule has 0 aliphatic heterocycles. The fraction of sp³-hybridized carbons (Fsp3) is 0.293. The van der Waals surface area contributed by atoms with E-state index >= 15 is 0 Å². The molecule has 0 spiro atoms. The third-order valence-electron chi connectivity index (χ3n) is 12.8. The second-order valence-electron chi connectivity index (χ2n) is 18.1. The smallest absolute Gasteiger partial charge is 0.251 e. The van der Waals surface area contributed by atoms with Crippen LogP contribution in [0, 0.1) is 45.7 Å². The van der Waals surface area contributed by atoms with Gasteiger partial charge < -0.3 is 32.7 Å². The molecule has 7 rings (SSSR count). The van der Waals surface area contributed by atoms with Gasteiger partial charge in [0.2, 0.25) is 17.1 Å². The zero-order valence-corrected chi connectivity index (χ0v) is 41.0. The van der Waals surface area contributed by atoms with Gasteiger partial charge in [0.15, 0.2) is 5.69 Å². The summed E-state index contributed by atoms with van der Waals surface area (Å²) >= 11 is 0. The van der Waals surface area contributed by atoms with Crippen molar-refractivity contribution in [3.8, 4) is 36.1 Å². The summed E-state index contributed by atoms with van der Waals surface area (Å²) in [6, 6.07) is 32.4. The minimum absolute atomic E-state index is 0.0768. The van der Waals surface area contributed by atoms with E-state index in [-0.39, 0.29) is 11.8 Å². The Kier molecular flexibility index (Phi) is 17.0. The summed E-state index contributed by atoms with van der Waals surface area (Å²) in [7, 11) is 0. The lowest BCUT2D eigenvalue weighted by Gasteiger charge is -2.16. The van der Waals surface area contributed by atoms with E-state index in [0.29, 0.717) is 35.6 Å². The Morgan fingerprint density at radius 3 is 1.77 bits per heavy atom. The molecule has 1 aromatic heterocycles. The highest BCUT2D eigenvalue weighted by Crippen LogP contribution is 2.29. The van der Waals surface area contributed by atoms with Gasteiger partial charge in [0.05, 0.1) is 0 Å². The van der Waals surface area contributed by atoms with E-state index in [1.807, 2.05) is 91.2 Å². The van der Waals surface area contributed by atoms with Crippen LogP contribution in [0.4, 0.5) is 28.4 Å². The quantitative estimate of drug-likeness (QED) is 0.0124. The average molecular weight is 935 g/mol. The topological polar surface area (TPSA) is 180 Å². The average Bonchev–Trinajstić information content (AvgIpc) is 3.35. The van der Waals surface area contributed by atoms with Gasteiger partial charge in [0.25, 0.3) is 11.8 Å². The zero-order valence-electron chi connectivity index (χ0n) is 41.0. The number of nitrogens with one attached hydrogen (secondary N) is 4. The number of unbranched alkanes of at least 4 members (excludes halogenated alkanes) is 6. The molecular formula is C58H66N10O2+2. The normalized spacial score (nSPS) is 12.8. The molecule has 358 valence electrons. The first-order chi connectivity index (χ1) is 33.9. The Morgan fingerprint density at radius 1 is 0.671 bits per heavy atom. The number of fused-ring (bicyclic) bond motifs is 2. The molecule has 70 heavy (non-hydrogen) atoms. The van der Waals surface area contributed by atoms with Crippen molar-refractivity contribution >= 4 is 68.0 Å². The van der Waals surface area contributed by atoms with Crippen LogP contribution in [0.25, 0.3) is 33.2 Å². The number of carbonyl (C=O) groups is 2. The van der Waals surface area contributed by atoms with Crippen LogP contribution in [0.3, 0.4) is 0 Å². The number of benzene rings is 5. The first-order valence-corrected chi connectivity index (χ1v) is 24.4. The fourth-order valence-electron chi connectivity index (χ4n) is 8.62. The third kappa shape index (κ3) is 12.8. The van der Waals surface area contributed by atoms with Crippen LogP contribution in [0.5, 0.6) is 0 Å².